The lowest BCUT2D eigenvalue weighted by molar-refractivity contribution is 0.0946. The standard InChI is InChI=1S/C16H16FN7O/c17-10-6-11(24(8-10)14-2-1-5-21-23-14)7-18-16(25)13-4-3-12-15(22-13)20-9-19-12/h1-5,9-11H,6-8H2,(H,18,25)(H,19,20,22)/t10-,11-/m0/s1. The number of nitrogens with one attached hydrogen (secondary N) is 2. The number of rotatable bonds is 4. The van der Waals surface area contributed by atoms with Gasteiger partial charge in [0.25, 0.3) is 5.91 Å². The van der Waals surface area contributed by atoms with E-state index in [2.05, 4.69) is 30.5 Å². The van der Waals surface area contributed by atoms with E-state index in [0.29, 0.717) is 24.4 Å². The first-order chi connectivity index (χ1) is 12.2. The molecule has 1 amide bonds. The van der Waals surface area contributed by atoms with E-state index in [1.54, 1.807) is 30.5 Å². The second kappa shape index (κ2) is 6.42. The number of carbonyl (C=O) groups is 1. The molecule has 3 aromatic rings. The maximum Gasteiger partial charge on any atom is 0.270 e. The number of hydrogen-bond donors (Lipinski definition) is 2. The number of pyridine rings is 1. The number of imidazole rings is 1. The van der Waals surface area contributed by atoms with Crippen LogP contribution < -0.4 is 10.2 Å². The molecule has 0 bridgehead atoms. The average molecular weight is 341 g/mol. The topological polar surface area (TPSA) is 99.7 Å². The van der Waals surface area contributed by atoms with Crippen LogP contribution in [0.2, 0.25) is 0 Å². The third-order valence-corrected chi connectivity index (χ3v) is 4.23. The summed E-state index contributed by atoms with van der Waals surface area (Å²) in [7, 11) is 0. The van der Waals surface area contributed by atoms with E-state index in [4.69, 9.17) is 0 Å². The zero-order valence-corrected chi connectivity index (χ0v) is 13.3. The molecular formula is C16H16FN7O. The Morgan fingerprint density at radius 3 is 3.16 bits per heavy atom. The smallest absolute Gasteiger partial charge is 0.270 e. The quantitative estimate of drug-likeness (QED) is 0.737. The Labute approximate surface area is 142 Å². The number of amides is 1. The molecule has 0 spiro atoms. The molecule has 1 aliphatic heterocycles. The molecule has 4 rings (SSSR count). The number of carbonyl (C=O) groups excluding carboxylic acids is 1. The maximum atomic E-state index is 13.9. The van der Waals surface area contributed by atoms with Crippen molar-refractivity contribution in [2.24, 2.45) is 0 Å². The van der Waals surface area contributed by atoms with Crippen molar-refractivity contribution in [3.63, 3.8) is 0 Å². The first kappa shape index (κ1) is 15.4. The van der Waals surface area contributed by atoms with Gasteiger partial charge in [-0.05, 0) is 24.3 Å². The SMILES string of the molecule is O=C(NC[C@@H]1C[C@H](F)CN1c1cccnn1)c1ccc2[nH]cnc2n1. The Balaban J connectivity index is 1.45. The Morgan fingerprint density at radius 2 is 2.32 bits per heavy atom. The van der Waals surface area contributed by atoms with Crippen molar-refractivity contribution in [2.45, 2.75) is 18.6 Å². The van der Waals surface area contributed by atoms with Crippen LogP contribution in [0, 0.1) is 0 Å². The van der Waals surface area contributed by atoms with E-state index in [0.717, 1.165) is 5.52 Å². The minimum absolute atomic E-state index is 0.176. The van der Waals surface area contributed by atoms with E-state index in [1.807, 2.05) is 4.90 Å². The van der Waals surface area contributed by atoms with Gasteiger partial charge >= 0.3 is 0 Å². The molecule has 0 unspecified atom stereocenters. The van der Waals surface area contributed by atoms with Crippen molar-refractivity contribution in [3.8, 4) is 0 Å². The molecule has 128 valence electrons. The molecule has 2 atom stereocenters. The van der Waals surface area contributed by atoms with Gasteiger partial charge in [-0.3, -0.25) is 4.79 Å². The Hall–Kier alpha value is -3.10. The summed E-state index contributed by atoms with van der Waals surface area (Å²) >= 11 is 0. The number of halogens is 1. The molecule has 0 aliphatic carbocycles. The maximum absolute atomic E-state index is 13.9. The third kappa shape index (κ3) is 3.12. The number of aromatic nitrogens is 5. The molecule has 0 saturated carbocycles. The molecule has 8 nitrogen and oxygen atoms in total. The zero-order valence-electron chi connectivity index (χ0n) is 13.3. The van der Waals surface area contributed by atoms with Crippen LogP contribution in [0.4, 0.5) is 10.2 Å². The molecule has 3 aromatic heterocycles. The number of hydrogen-bond acceptors (Lipinski definition) is 6. The van der Waals surface area contributed by atoms with E-state index < -0.39 is 6.17 Å². The number of H-pyrrole nitrogens is 1. The summed E-state index contributed by atoms with van der Waals surface area (Å²) in [4.78, 5) is 25.3. The van der Waals surface area contributed by atoms with Crippen molar-refractivity contribution in [1.82, 2.24) is 30.5 Å². The highest BCUT2D eigenvalue weighted by Gasteiger charge is 2.33. The predicted molar refractivity (Wildman–Crippen MR) is 88.9 cm³/mol. The lowest BCUT2D eigenvalue weighted by atomic mass is 10.2. The van der Waals surface area contributed by atoms with Crippen LogP contribution in [0.3, 0.4) is 0 Å². The van der Waals surface area contributed by atoms with Gasteiger partial charge in [-0.2, -0.15) is 5.10 Å². The molecule has 0 aromatic carbocycles. The molecule has 1 aliphatic rings. The predicted octanol–water partition coefficient (Wildman–Crippen LogP) is 1.09. The molecule has 9 heteroatoms. The summed E-state index contributed by atoms with van der Waals surface area (Å²) < 4.78 is 13.9. The summed E-state index contributed by atoms with van der Waals surface area (Å²) in [6, 6.07) is 6.75. The molecule has 1 saturated heterocycles. The summed E-state index contributed by atoms with van der Waals surface area (Å²) in [5.41, 5.74) is 1.53. The minimum Gasteiger partial charge on any atom is -0.349 e. The fourth-order valence-corrected chi connectivity index (χ4v) is 3.03. The molecular weight excluding hydrogens is 325 g/mol. The van der Waals surface area contributed by atoms with Gasteiger partial charge in [-0.1, -0.05) is 0 Å². The number of fused-ring (bicyclic) bond motifs is 1. The van der Waals surface area contributed by atoms with Gasteiger partial charge in [-0.15, -0.1) is 5.10 Å². The number of aromatic amines is 1. The second-order valence-corrected chi connectivity index (χ2v) is 5.90. The van der Waals surface area contributed by atoms with Gasteiger partial charge in [0.1, 0.15) is 11.9 Å². The largest absolute Gasteiger partial charge is 0.349 e. The van der Waals surface area contributed by atoms with Gasteiger partial charge in [0.15, 0.2) is 11.5 Å². The summed E-state index contributed by atoms with van der Waals surface area (Å²) in [5.74, 6) is 0.296. The van der Waals surface area contributed by atoms with Crippen LogP contribution in [-0.4, -0.2) is 56.4 Å². The first-order valence-electron chi connectivity index (χ1n) is 7.97. The number of anilines is 1. The second-order valence-electron chi connectivity index (χ2n) is 5.90. The minimum atomic E-state index is -0.956. The fraction of sp³-hybridized carbons (Fsp3) is 0.312. The van der Waals surface area contributed by atoms with Crippen LogP contribution >= 0.6 is 0 Å². The summed E-state index contributed by atoms with van der Waals surface area (Å²) in [5, 5.41) is 10.7. The average Bonchev–Trinajstić information content (AvgIpc) is 3.25. The van der Waals surface area contributed by atoms with Crippen molar-refractivity contribution < 1.29 is 9.18 Å². The molecule has 0 radical (unpaired) electrons. The van der Waals surface area contributed by atoms with Crippen molar-refractivity contribution >= 4 is 22.9 Å². The Bertz CT molecular complexity index is 884. The van der Waals surface area contributed by atoms with E-state index >= 15 is 0 Å². The lowest BCUT2D eigenvalue weighted by Crippen LogP contribution is -2.40. The lowest BCUT2D eigenvalue weighted by Gasteiger charge is -2.24. The molecule has 25 heavy (non-hydrogen) atoms. The van der Waals surface area contributed by atoms with Crippen molar-refractivity contribution in [1.29, 1.82) is 0 Å². The van der Waals surface area contributed by atoms with Gasteiger partial charge in [0, 0.05) is 19.2 Å². The van der Waals surface area contributed by atoms with Crippen LogP contribution in [-0.2, 0) is 0 Å². The van der Waals surface area contributed by atoms with Crippen molar-refractivity contribution in [3.05, 3.63) is 42.5 Å². The Morgan fingerprint density at radius 1 is 1.40 bits per heavy atom. The third-order valence-electron chi connectivity index (χ3n) is 4.23. The zero-order chi connectivity index (χ0) is 17.2. The molecule has 4 heterocycles. The highest BCUT2D eigenvalue weighted by molar-refractivity contribution is 5.94. The molecule has 2 N–H and O–H groups in total. The van der Waals surface area contributed by atoms with Crippen LogP contribution in [0.1, 0.15) is 16.9 Å². The first-order valence-corrected chi connectivity index (χ1v) is 7.97. The van der Waals surface area contributed by atoms with Crippen molar-refractivity contribution in [2.75, 3.05) is 18.0 Å². The van der Waals surface area contributed by atoms with Crippen LogP contribution in [0.5, 0.6) is 0 Å². The van der Waals surface area contributed by atoms with Gasteiger partial charge in [-0.25, -0.2) is 14.4 Å². The highest BCUT2D eigenvalue weighted by Crippen LogP contribution is 2.24. The van der Waals surface area contributed by atoms with Crippen LogP contribution in [0.25, 0.3) is 11.2 Å². The van der Waals surface area contributed by atoms with E-state index in [1.165, 1.54) is 6.33 Å². The monoisotopic (exact) mass is 341 g/mol. The van der Waals surface area contributed by atoms with Crippen LogP contribution in [0.15, 0.2) is 36.8 Å². The molecule has 1 fully saturated rings. The normalized spacial score (nSPS) is 20.1. The number of alkyl halides is 1. The number of nitrogens with zero attached hydrogens (tertiary/aromatic N) is 5. The summed E-state index contributed by atoms with van der Waals surface area (Å²) in [6.07, 6.45) is 2.48. The highest BCUT2D eigenvalue weighted by atomic mass is 19.1. The Kier molecular flexibility index (Phi) is 3.96. The fourth-order valence-electron chi connectivity index (χ4n) is 3.03. The van der Waals surface area contributed by atoms with Gasteiger partial charge in [0.05, 0.1) is 24.4 Å². The summed E-state index contributed by atoms with van der Waals surface area (Å²) in [6.45, 7) is 0.548. The van der Waals surface area contributed by atoms with E-state index in [9.17, 15) is 9.18 Å². The van der Waals surface area contributed by atoms with Gasteiger partial charge < -0.3 is 15.2 Å². The van der Waals surface area contributed by atoms with E-state index in [-0.39, 0.29) is 24.2 Å². The van der Waals surface area contributed by atoms with Gasteiger partial charge in [0.2, 0.25) is 0 Å².